The maximum atomic E-state index is 12.2. The van der Waals surface area contributed by atoms with Crippen LogP contribution >= 0.6 is 0 Å². The molecule has 8 heteroatoms. The first-order valence-electron chi connectivity index (χ1n) is 9.16. The normalized spacial score (nSPS) is 11.6. The molecule has 2 aromatic rings. The second-order valence-corrected chi connectivity index (χ2v) is 6.86. The first-order valence-corrected chi connectivity index (χ1v) is 9.16. The molecule has 0 heterocycles. The Morgan fingerprint density at radius 1 is 1.14 bits per heavy atom. The molecule has 154 valence electrons. The van der Waals surface area contributed by atoms with Gasteiger partial charge >= 0.3 is 5.97 Å². The summed E-state index contributed by atoms with van der Waals surface area (Å²) < 4.78 is 10.5. The molecule has 1 atom stereocenters. The quantitative estimate of drug-likeness (QED) is 0.408. The second-order valence-electron chi connectivity index (χ2n) is 6.86. The summed E-state index contributed by atoms with van der Waals surface area (Å²) in [5.74, 6) is -0.486. The molecule has 0 fully saturated rings. The van der Waals surface area contributed by atoms with Gasteiger partial charge in [0.2, 0.25) is 0 Å². The minimum absolute atomic E-state index is 0.0300. The third kappa shape index (κ3) is 6.03. The van der Waals surface area contributed by atoms with Gasteiger partial charge in [-0.25, -0.2) is 4.79 Å². The zero-order valence-electron chi connectivity index (χ0n) is 16.8. The van der Waals surface area contributed by atoms with E-state index >= 15 is 0 Å². The molecule has 29 heavy (non-hydrogen) atoms. The molecular formula is C21H24N2O6. The number of nitro groups is 1. The molecule has 0 bridgehead atoms. The maximum absolute atomic E-state index is 12.2. The molecule has 0 spiro atoms. The molecule has 2 aromatic carbocycles. The number of para-hydroxylation sites is 2. The summed E-state index contributed by atoms with van der Waals surface area (Å²) in [5.41, 5.74) is 2.04. The molecule has 1 amide bonds. The molecule has 0 saturated heterocycles. The van der Waals surface area contributed by atoms with Crippen LogP contribution in [0.25, 0.3) is 0 Å². The van der Waals surface area contributed by atoms with Crippen molar-refractivity contribution in [3.63, 3.8) is 0 Å². The molecule has 0 aliphatic carbocycles. The van der Waals surface area contributed by atoms with Crippen molar-refractivity contribution < 1.29 is 24.0 Å². The Bertz CT molecular complexity index is 910. The molecule has 1 N–H and O–H groups in total. The predicted octanol–water partition coefficient (Wildman–Crippen LogP) is 3.98. The Balaban J connectivity index is 1.89. The van der Waals surface area contributed by atoms with Gasteiger partial charge in [-0.2, -0.15) is 0 Å². The van der Waals surface area contributed by atoms with Crippen molar-refractivity contribution in [2.24, 2.45) is 0 Å². The molecule has 0 aliphatic heterocycles. The molecule has 2 rings (SSSR count). The van der Waals surface area contributed by atoms with E-state index in [4.69, 9.17) is 9.47 Å². The number of nitrogens with one attached hydrogen (secondary N) is 1. The summed E-state index contributed by atoms with van der Waals surface area (Å²) in [6, 6.07) is 11.3. The van der Waals surface area contributed by atoms with Crippen molar-refractivity contribution in [1.82, 2.24) is 0 Å². The van der Waals surface area contributed by atoms with E-state index in [-0.39, 0.29) is 18.0 Å². The number of ether oxygens (including phenoxy) is 2. The maximum Gasteiger partial charge on any atom is 0.344 e. The number of aryl methyl sites for hydroxylation is 1. The Labute approximate surface area is 169 Å². The Kier molecular flexibility index (Phi) is 7.30. The van der Waals surface area contributed by atoms with E-state index in [2.05, 4.69) is 19.2 Å². The Morgan fingerprint density at radius 3 is 2.45 bits per heavy atom. The van der Waals surface area contributed by atoms with Crippen LogP contribution in [0.2, 0.25) is 0 Å². The lowest BCUT2D eigenvalue weighted by Gasteiger charge is -2.15. The van der Waals surface area contributed by atoms with Crippen LogP contribution in [-0.4, -0.2) is 29.5 Å². The van der Waals surface area contributed by atoms with Gasteiger partial charge in [0.1, 0.15) is 11.4 Å². The van der Waals surface area contributed by atoms with E-state index in [0.717, 1.165) is 5.56 Å². The van der Waals surface area contributed by atoms with Crippen LogP contribution in [0, 0.1) is 17.0 Å². The van der Waals surface area contributed by atoms with Gasteiger partial charge in [0, 0.05) is 6.07 Å². The lowest BCUT2D eigenvalue weighted by Crippen LogP contribution is -2.31. The average molecular weight is 400 g/mol. The highest BCUT2D eigenvalue weighted by Crippen LogP contribution is 2.24. The summed E-state index contributed by atoms with van der Waals surface area (Å²) in [4.78, 5) is 34.6. The number of nitro benzene ring substituents is 1. The van der Waals surface area contributed by atoms with Gasteiger partial charge in [-0.1, -0.05) is 32.0 Å². The van der Waals surface area contributed by atoms with E-state index in [1.165, 1.54) is 30.7 Å². The van der Waals surface area contributed by atoms with Crippen LogP contribution in [0.3, 0.4) is 0 Å². The first kappa shape index (κ1) is 21.9. The standard InChI is InChI=1S/C21H24N2O6/c1-13(2)17-10-9-16(11-14(17)3)28-12-20(24)29-15(4)21(25)22-18-7-5-6-8-19(18)23(26)27/h5-11,13,15H,12H2,1-4H3,(H,22,25)/t15-/m0/s1. The number of amides is 1. The number of benzene rings is 2. The lowest BCUT2D eigenvalue weighted by atomic mass is 9.98. The number of anilines is 1. The Hall–Kier alpha value is -3.42. The summed E-state index contributed by atoms with van der Waals surface area (Å²) in [6.45, 7) is 7.18. The van der Waals surface area contributed by atoms with Crippen LogP contribution in [0.15, 0.2) is 42.5 Å². The largest absolute Gasteiger partial charge is 0.482 e. The van der Waals surface area contributed by atoms with Gasteiger partial charge in [0.05, 0.1) is 4.92 Å². The van der Waals surface area contributed by atoms with Crippen LogP contribution in [-0.2, 0) is 14.3 Å². The van der Waals surface area contributed by atoms with Gasteiger partial charge in [0.15, 0.2) is 12.7 Å². The minimum atomic E-state index is -1.14. The average Bonchev–Trinajstić information content (AvgIpc) is 2.66. The van der Waals surface area contributed by atoms with E-state index in [1.54, 1.807) is 12.1 Å². The number of esters is 1. The highest BCUT2D eigenvalue weighted by atomic mass is 16.6. The number of hydrogen-bond donors (Lipinski definition) is 1. The van der Waals surface area contributed by atoms with E-state index in [1.807, 2.05) is 19.1 Å². The van der Waals surface area contributed by atoms with Gasteiger partial charge in [-0.05, 0) is 49.1 Å². The van der Waals surface area contributed by atoms with Crippen molar-refractivity contribution in [3.8, 4) is 5.75 Å². The topological polar surface area (TPSA) is 108 Å². The van der Waals surface area contributed by atoms with Crippen molar-refractivity contribution in [2.75, 3.05) is 11.9 Å². The number of carbonyl (C=O) groups is 2. The van der Waals surface area contributed by atoms with Crippen LogP contribution < -0.4 is 10.1 Å². The van der Waals surface area contributed by atoms with Gasteiger partial charge in [-0.3, -0.25) is 14.9 Å². The molecule has 0 aromatic heterocycles. The zero-order valence-corrected chi connectivity index (χ0v) is 16.8. The third-order valence-corrected chi connectivity index (χ3v) is 4.26. The second kappa shape index (κ2) is 9.68. The van der Waals surface area contributed by atoms with Crippen LogP contribution in [0.1, 0.15) is 37.8 Å². The molecular weight excluding hydrogens is 376 g/mol. The number of hydrogen-bond acceptors (Lipinski definition) is 6. The summed E-state index contributed by atoms with van der Waals surface area (Å²) in [5, 5.41) is 13.4. The Morgan fingerprint density at radius 2 is 1.83 bits per heavy atom. The van der Waals surface area contributed by atoms with E-state index in [0.29, 0.717) is 11.7 Å². The molecule has 0 radical (unpaired) electrons. The fourth-order valence-electron chi connectivity index (χ4n) is 2.79. The van der Waals surface area contributed by atoms with Crippen LogP contribution in [0.5, 0.6) is 5.75 Å². The van der Waals surface area contributed by atoms with Crippen LogP contribution in [0.4, 0.5) is 11.4 Å². The third-order valence-electron chi connectivity index (χ3n) is 4.26. The van der Waals surface area contributed by atoms with Gasteiger partial charge in [0.25, 0.3) is 11.6 Å². The lowest BCUT2D eigenvalue weighted by molar-refractivity contribution is -0.383. The fraction of sp³-hybridized carbons (Fsp3) is 0.333. The van der Waals surface area contributed by atoms with Crippen molar-refractivity contribution in [2.45, 2.75) is 39.7 Å². The summed E-state index contributed by atoms with van der Waals surface area (Å²) in [7, 11) is 0. The first-order chi connectivity index (χ1) is 13.7. The van der Waals surface area contributed by atoms with Crippen molar-refractivity contribution >= 4 is 23.3 Å². The minimum Gasteiger partial charge on any atom is -0.482 e. The highest BCUT2D eigenvalue weighted by Gasteiger charge is 2.21. The number of rotatable bonds is 8. The van der Waals surface area contributed by atoms with Gasteiger partial charge < -0.3 is 14.8 Å². The van der Waals surface area contributed by atoms with Crippen molar-refractivity contribution in [1.29, 1.82) is 0 Å². The highest BCUT2D eigenvalue weighted by molar-refractivity contribution is 5.96. The number of carbonyl (C=O) groups excluding carboxylic acids is 2. The number of nitrogens with zero attached hydrogens (tertiary/aromatic N) is 1. The molecule has 0 aliphatic rings. The SMILES string of the molecule is Cc1cc(OCC(=O)O[C@@H](C)C(=O)Nc2ccccc2[N+](=O)[O-])ccc1C(C)C. The van der Waals surface area contributed by atoms with E-state index < -0.39 is 22.9 Å². The fourth-order valence-corrected chi connectivity index (χ4v) is 2.79. The van der Waals surface area contributed by atoms with Crippen molar-refractivity contribution in [3.05, 3.63) is 63.7 Å². The monoisotopic (exact) mass is 400 g/mol. The van der Waals surface area contributed by atoms with E-state index in [9.17, 15) is 19.7 Å². The smallest absolute Gasteiger partial charge is 0.344 e. The zero-order chi connectivity index (χ0) is 21.6. The molecule has 8 nitrogen and oxygen atoms in total. The molecule has 0 unspecified atom stereocenters. The van der Waals surface area contributed by atoms with Gasteiger partial charge in [-0.15, -0.1) is 0 Å². The predicted molar refractivity (Wildman–Crippen MR) is 108 cm³/mol. The summed E-state index contributed by atoms with van der Waals surface area (Å²) >= 11 is 0. The molecule has 0 saturated carbocycles. The summed E-state index contributed by atoms with van der Waals surface area (Å²) in [6.07, 6.45) is -1.14.